The maximum Gasteiger partial charge on any atom is 0.287 e. The third-order valence-corrected chi connectivity index (χ3v) is 6.30. The summed E-state index contributed by atoms with van der Waals surface area (Å²) >= 11 is 0. The monoisotopic (exact) mass is 423 g/mol. The molecule has 158 valence electrons. The van der Waals surface area contributed by atoms with E-state index in [4.69, 9.17) is 9.15 Å². The Morgan fingerprint density at radius 3 is 2.45 bits per heavy atom. The first-order valence-electron chi connectivity index (χ1n) is 9.08. The van der Waals surface area contributed by atoms with Crippen LogP contribution in [0.25, 0.3) is 0 Å². The van der Waals surface area contributed by atoms with Crippen molar-refractivity contribution in [3.63, 3.8) is 0 Å². The van der Waals surface area contributed by atoms with Crippen molar-refractivity contribution in [2.24, 2.45) is 0 Å². The minimum atomic E-state index is -3.71. The van der Waals surface area contributed by atoms with Crippen molar-refractivity contribution in [1.29, 1.82) is 0 Å². The number of ether oxygens (including phenoxy) is 1. The van der Waals surface area contributed by atoms with Crippen molar-refractivity contribution < 1.29 is 27.2 Å². The Morgan fingerprint density at radius 1 is 1.21 bits per heavy atom. The lowest BCUT2D eigenvalue weighted by Gasteiger charge is -2.20. The van der Waals surface area contributed by atoms with Gasteiger partial charge >= 0.3 is 0 Å². The van der Waals surface area contributed by atoms with Crippen molar-refractivity contribution in [2.75, 3.05) is 25.5 Å². The minimum absolute atomic E-state index is 0.0320. The Morgan fingerprint density at radius 2 is 1.90 bits per heavy atom. The topological polar surface area (TPSA) is 118 Å². The smallest absolute Gasteiger partial charge is 0.287 e. The molecule has 1 heterocycles. The molecule has 2 rings (SSSR count). The second kappa shape index (κ2) is 9.57. The molecular weight excluding hydrogens is 398 g/mol. The third-order valence-electron chi connectivity index (χ3n) is 4.26. The first-order valence-corrected chi connectivity index (χ1v) is 10.5. The number of amides is 2. The van der Waals surface area contributed by atoms with Gasteiger partial charge in [0.15, 0.2) is 5.76 Å². The van der Waals surface area contributed by atoms with E-state index in [9.17, 15) is 18.0 Å². The average molecular weight is 423 g/mol. The van der Waals surface area contributed by atoms with E-state index in [0.717, 1.165) is 0 Å². The summed E-state index contributed by atoms with van der Waals surface area (Å²) in [5.41, 5.74) is 0.185. The number of hydrogen-bond donors (Lipinski definition) is 2. The van der Waals surface area contributed by atoms with Crippen LogP contribution in [0.5, 0.6) is 5.75 Å². The van der Waals surface area contributed by atoms with E-state index in [1.165, 1.54) is 48.9 Å². The van der Waals surface area contributed by atoms with Crippen LogP contribution in [0.1, 0.15) is 31.3 Å². The molecule has 1 atom stereocenters. The summed E-state index contributed by atoms with van der Waals surface area (Å²) in [5.74, 6) is -0.709. The van der Waals surface area contributed by atoms with Gasteiger partial charge in [0.05, 0.1) is 24.0 Å². The molecule has 9 nitrogen and oxygen atoms in total. The average Bonchev–Trinajstić information content (AvgIpc) is 3.23. The first kappa shape index (κ1) is 22.4. The molecule has 0 radical (unpaired) electrons. The molecule has 1 aromatic carbocycles. The summed E-state index contributed by atoms with van der Waals surface area (Å²) < 4.78 is 37.0. The fraction of sp³-hybridized carbons (Fsp3) is 0.368. The van der Waals surface area contributed by atoms with E-state index in [0.29, 0.717) is 18.8 Å². The zero-order valence-electron chi connectivity index (χ0n) is 16.8. The minimum Gasteiger partial charge on any atom is -0.495 e. The maximum absolute atomic E-state index is 12.7. The molecule has 0 saturated carbocycles. The van der Waals surface area contributed by atoms with Gasteiger partial charge in [-0.3, -0.25) is 9.59 Å². The number of nitrogens with zero attached hydrogens (tertiary/aromatic N) is 1. The molecule has 0 aliphatic rings. The summed E-state index contributed by atoms with van der Waals surface area (Å²) in [6.07, 6.45) is 1.35. The van der Waals surface area contributed by atoms with Crippen LogP contribution in [0.2, 0.25) is 0 Å². The second-order valence-electron chi connectivity index (χ2n) is 6.11. The normalized spacial score (nSPS) is 12.4. The van der Waals surface area contributed by atoms with Crippen molar-refractivity contribution in [2.45, 2.75) is 31.7 Å². The summed E-state index contributed by atoms with van der Waals surface area (Å²) in [7, 11) is -2.30. The van der Waals surface area contributed by atoms with Crippen molar-refractivity contribution in [3.05, 3.63) is 42.4 Å². The van der Waals surface area contributed by atoms with Crippen LogP contribution in [0, 0.1) is 0 Å². The number of furan rings is 1. The maximum atomic E-state index is 12.7. The Labute approximate surface area is 170 Å². The van der Waals surface area contributed by atoms with Crippen LogP contribution >= 0.6 is 0 Å². The molecule has 2 amide bonds. The van der Waals surface area contributed by atoms with Gasteiger partial charge in [0.1, 0.15) is 11.8 Å². The molecule has 0 unspecified atom stereocenters. The van der Waals surface area contributed by atoms with E-state index in [-0.39, 0.29) is 16.3 Å². The Kier molecular flexibility index (Phi) is 7.40. The van der Waals surface area contributed by atoms with Crippen LogP contribution in [-0.4, -0.2) is 50.8 Å². The van der Waals surface area contributed by atoms with Gasteiger partial charge in [-0.15, -0.1) is 0 Å². The molecule has 0 aliphatic carbocycles. The number of methoxy groups -OCH3 is 1. The van der Waals surface area contributed by atoms with Gasteiger partial charge in [0, 0.05) is 13.1 Å². The standard InChI is InChI=1S/C19H25N3O6S/c1-5-22(6-2)29(25,26)14-9-10-16(27-4)15(12-14)21-18(23)13(3)20-19(24)17-8-7-11-28-17/h7-13H,5-6H2,1-4H3,(H,20,24)(H,21,23)/t13-/m1/s1. The van der Waals surface area contributed by atoms with Gasteiger partial charge < -0.3 is 19.8 Å². The highest BCUT2D eigenvalue weighted by Crippen LogP contribution is 2.29. The van der Waals surface area contributed by atoms with Crippen molar-refractivity contribution >= 4 is 27.5 Å². The number of hydrogen-bond acceptors (Lipinski definition) is 6. The zero-order valence-corrected chi connectivity index (χ0v) is 17.6. The van der Waals surface area contributed by atoms with Crippen molar-refractivity contribution in [1.82, 2.24) is 9.62 Å². The predicted octanol–water partition coefficient (Wildman–Crippen LogP) is 2.08. The molecule has 0 aliphatic heterocycles. The Hall–Kier alpha value is -2.85. The molecule has 10 heteroatoms. The molecule has 2 N–H and O–H groups in total. The molecule has 0 spiro atoms. The van der Waals surface area contributed by atoms with Gasteiger partial charge in [-0.2, -0.15) is 4.31 Å². The Bertz CT molecular complexity index is 952. The summed E-state index contributed by atoms with van der Waals surface area (Å²) in [4.78, 5) is 24.6. The molecule has 0 bridgehead atoms. The number of carbonyl (C=O) groups is 2. The highest BCUT2D eigenvalue weighted by molar-refractivity contribution is 7.89. The lowest BCUT2D eigenvalue weighted by atomic mass is 10.2. The van der Waals surface area contributed by atoms with Crippen LogP contribution in [0.3, 0.4) is 0 Å². The highest BCUT2D eigenvalue weighted by atomic mass is 32.2. The van der Waals surface area contributed by atoms with Gasteiger partial charge in [0.25, 0.3) is 5.91 Å². The molecular formula is C19H25N3O6S. The van der Waals surface area contributed by atoms with Crippen molar-refractivity contribution in [3.8, 4) is 5.75 Å². The molecule has 0 saturated heterocycles. The number of carbonyl (C=O) groups excluding carboxylic acids is 2. The number of nitrogens with one attached hydrogen (secondary N) is 2. The summed E-state index contributed by atoms with van der Waals surface area (Å²) in [6.45, 7) is 5.64. The van der Waals surface area contributed by atoms with Gasteiger partial charge in [-0.05, 0) is 37.3 Å². The SMILES string of the molecule is CCN(CC)S(=O)(=O)c1ccc(OC)c(NC(=O)[C@@H](C)NC(=O)c2ccco2)c1. The second-order valence-corrected chi connectivity index (χ2v) is 8.05. The number of anilines is 1. The summed E-state index contributed by atoms with van der Waals surface area (Å²) in [5, 5.41) is 5.12. The van der Waals surface area contributed by atoms with Crippen LogP contribution in [-0.2, 0) is 14.8 Å². The van der Waals surface area contributed by atoms with Crippen LogP contribution in [0.15, 0.2) is 45.9 Å². The fourth-order valence-corrected chi connectivity index (χ4v) is 4.12. The first-order chi connectivity index (χ1) is 13.7. The fourth-order valence-electron chi connectivity index (χ4n) is 2.64. The number of rotatable bonds is 9. The summed E-state index contributed by atoms with van der Waals surface area (Å²) in [6, 6.07) is 6.37. The van der Waals surface area contributed by atoms with Gasteiger partial charge in [-0.1, -0.05) is 13.8 Å². The lowest BCUT2D eigenvalue weighted by Crippen LogP contribution is -2.41. The van der Waals surface area contributed by atoms with E-state index in [2.05, 4.69) is 10.6 Å². The van der Waals surface area contributed by atoms with E-state index in [1.807, 2.05) is 0 Å². The largest absolute Gasteiger partial charge is 0.495 e. The molecule has 2 aromatic rings. The van der Waals surface area contributed by atoms with Gasteiger partial charge in [-0.25, -0.2) is 8.42 Å². The van der Waals surface area contributed by atoms with Gasteiger partial charge in [0.2, 0.25) is 15.9 Å². The zero-order chi connectivity index (χ0) is 21.6. The van der Waals surface area contributed by atoms with E-state index >= 15 is 0 Å². The van der Waals surface area contributed by atoms with E-state index in [1.54, 1.807) is 19.9 Å². The highest BCUT2D eigenvalue weighted by Gasteiger charge is 2.24. The molecule has 0 fully saturated rings. The van der Waals surface area contributed by atoms with Crippen LogP contribution in [0.4, 0.5) is 5.69 Å². The molecule has 29 heavy (non-hydrogen) atoms. The lowest BCUT2D eigenvalue weighted by molar-refractivity contribution is -0.117. The predicted molar refractivity (Wildman–Crippen MR) is 107 cm³/mol. The third kappa shape index (κ3) is 5.15. The van der Waals surface area contributed by atoms with E-state index < -0.39 is 27.9 Å². The number of benzene rings is 1. The molecule has 1 aromatic heterocycles. The quantitative estimate of drug-likeness (QED) is 0.638. The van der Waals surface area contributed by atoms with Crippen LogP contribution < -0.4 is 15.4 Å². The Balaban J connectivity index is 2.22. The number of sulfonamides is 1.